The van der Waals surface area contributed by atoms with Gasteiger partial charge in [-0.3, -0.25) is 0 Å². The van der Waals surface area contributed by atoms with Crippen LogP contribution in [0, 0.1) is 0 Å². The Kier molecular flexibility index (Phi) is 9.85. The van der Waals surface area contributed by atoms with Gasteiger partial charge in [0.25, 0.3) is 0 Å². The van der Waals surface area contributed by atoms with Gasteiger partial charge in [0, 0.05) is 0 Å². The van der Waals surface area contributed by atoms with Crippen LogP contribution in [0.1, 0.15) is 12.8 Å². The SMILES string of the molecule is C[As](C)(=O)C[C@@H]1CC[C@H](OCC(O)COP(=O)(O)OCC(O)CO)O1. The third-order valence-electron chi connectivity index (χ3n) is 3.26. The van der Waals surface area contributed by atoms with E-state index >= 15 is 0 Å². The molecule has 0 radical (unpaired) electrons. The summed E-state index contributed by atoms with van der Waals surface area (Å²) in [5.41, 5.74) is 3.51. The summed E-state index contributed by atoms with van der Waals surface area (Å²) in [4.78, 5) is 9.35. The molecule has 0 spiro atoms. The first-order chi connectivity index (χ1) is 11.5. The number of ether oxygens (including phenoxy) is 2. The Balaban J connectivity index is 2.21. The molecule has 5 atom stereocenters. The molecule has 4 N–H and O–H groups in total. The predicted molar refractivity (Wildman–Crippen MR) is 87.7 cm³/mol. The van der Waals surface area contributed by atoms with Crippen LogP contribution < -0.4 is 0 Å². The molecule has 0 bridgehead atoms. The van der Waals surface area contributed by atoms with Gasteiger partial charge < -0.3 is 10.2 Å². The van der Waals surface area contributed by atoms with Crippen molar-refractivity contribution in [1.82, 2.24) is 0 Å². The molecule has 150 valence electrons. The summed E-state index contributed by atoms with van der Waals surface area (Å²) in [5, 5.41) is 27.9. The van der Waals surface area contributed by atoms with Crippen molar-refractivity contribution in [3.63, 3.8) is 0 Å². The fourth-order valence-electron chi connectivity index (χ4n) is 2.14. The van der Waals surface area contributed by atoms with E-state index in [2.05, 4.69) is 9.05 Å². The van der Waals surface area contributed by atoms with Crippen LogP contribution in [0.25, 0.3) is 0 Å². The maximum absolute atomic E-state index is 11.8. The number of phosphoric acid groups is 1. The van der Waals surface area contributed by atoms with E-state index < -0.39 is 59.6 Å². The molecule has 0 aromatic heterocycles. The average molecular weight is 450 g/mol. The molecular formula is C13H28AsO10P. The minimum atomic E-state index is -4.44. The van der Waals surface area contributed by atoms with Crippen LogP contribution in [0.5, 0.6) is 0 Å². The van der Waals surface area contributed by atoms with Gasteiger partial charge in [0.05, 0.1) is 6.61 Å². The fourth-order valence-corrected chi connectivity index (χ4v) is 5.55. The van der Waals surface area contributed by atoms with Crippen molar-refractivity contribution in [2.24, 2.45) is 0 Å². The summed E-state index contributed by atoms with van der Waals surface area (Å²) >= 11 is -2.78. The molecule has 0 aromatic carbocycles. The topological polar surface area (TPSA) is 152 Å². The first kappa shape index (κ1) is 23.3. The molecule has 1 saturated heterocycles. The molecule has 1 rings (SSSR count). The standard InChI is InChI=1S/C13H28AsO10P/c1-14(2,18)5-12-3-4-13(24-12)21-7-11(17)9-23-25(19,20)22-8-10(16)6-15/h10-13,15-17H,3-9H2,1-2H3,(H,19,20)/t10?,11?,12-,13+/m0/s1. The van der Waals surface area contributed by atoms with Crippen LogP contribution in [0.2, 0.25) is 16.6 Å². The molecule has 25 heavy (non-hydrogen) atoms. The second-order valence-electron chi connectivity index (χ2n) is 6.41. The van der Waals surface area contributed by atoms with Gasteiger partial charge in [-0.25, -0.2) is 0 Å². The van der Waals surface area contributed by atoms with Crippen molar-refractivity contribution in [3.8, 4) is 0 Å². The van der Waals surface area contributed by atoms with Gasteiger partial charge in [-0.2, -0.15) is 0 Å². The van der Waals surface area contributed by atoms with E-state index in [4.69, 9.17) is 19.7 Å². The van der Waals surface area contributed by atoms with Gasteiger partial charge in [0.1, 0.15) is 6.10 Å². The number of rotatable bonds is 12. The molecular weight excluding hydrogens is 422 g/mol. The Morgan fingerprint density at radius 2 is 1.76 bits per heavy atom. The van der Waals surface area contributed by atoms with E-state index in [9.17, 15) is 18.3 Å². The Morgan fingerprint density at radius 3 is 2.32 bits per heavy atom. The Hall–Kier alpha value is 0.268. The Labute approximate surface area is 149 Å². The van der Waals surface area contributed by atoms with E-state index in [0.717, 1.165) is 6.42 Å². The summed E-state index contributed by atoms with van der Waals surface area (Å²) in [6.07, 6.45) is -1.75. The van der Waals surface area contributed by atoms with E-state index in [1.807, 2.05) is 0 Å². The molecule has 3 unspecified atom stereocenters. The summed E-state index contributed by atoms with van der Waals surface area (Å²) in [6, 6.07) is 0. The normalized spacial score (nSPS) is 26.3. The molecule has 1 fully saturated rings. The molecule has 1 aliphatic heterocycles. The van der Waals surface area contributed by atoms with Crippen LogP contribution >= 0.6 is 7.82 Å². The second-order valence-corrected chi connectivity index (χ2v) is 15.2. The monoisotopic (exact) mass is 450 g/mol. The maximum atomic E-state index is 11.8. The van der Waals surface area contributed by atoms with Crippen molar-refractivity contribution < 1.29 is 47.0 Å². The van der Waals surface area contributed by atoms with Crippen LogP contribution in [0.4, 0.5) is 0 Å². The van der Waals surface area contributed by atoms with Crippen LogP contribution in [0.15, 0.2) is 0 Å². The zero-order valence-corrected chi connectivity index (χ0v) is 17.2. The van der Waals surface area contributed by atoms with Crippen molar-refractivity contribution in [2.45, 2.75) is 54.1 Å². The van der Waals surface area contributed by atoms with E-state index in [-0.39, 0.29) is 12.7 Å². The van der Waals surface area contributed by atoms with Crippen molar-refractivity contribution >= 4 is 21.3 Å². The van der Waals surface area contributed by atoms with E-state index in [1.165, 1.54) is 0 Å². The first-order valence-corrected chi connectivity index (χ1v) is 15.2. The Morgan fingerprint density at radius 1 is 1.16 bits per heavy atom. The third kappa shape index (κ3) is 10.9. The van der Waals surface area contributed by atoms with Gasteiger partial charge >= 0.3 is 126 Å². The Bertz CT molecular complexity index is 483. The number of aliphatic hydroxyl groups excluding tert-OH is 3. The molecule has 1 heterocycles. The second kappa shape index (κ2) is 10.6. The molecule has 1 aliphatic rings. The van der Waals surface area contributed by atoms with Crippen molar-refractivity contribution in [2.75, 3.05) is 26.4 Å². The number of phosphoric ester groups is 1. The van der Waals surface area contributed by atoms with Gasteiger partial charge in [0.2, 0.25) is 0 Å². The molecule has 12 heteroatoms. The van der Waals surface area contributed by atoms with Crippen LogP contribution in [-0.2, 0) is 26.8 Å². The summed E-state index contributed by atoms with van der Waals surface area (Å²) in [6.45, 7) is -1.88. The molecule has 0 aromatic rings. The van der Waals surface area contributed by atoms with Gasteiger partial charge in [0.15, 0.2) is 0 Å². The summed E-state index contributed by atoms with van der Waals surface area (Å²) < 4.78 is 43.3. The average Bonchev–Trinajstić information content (AvgIpc) is 2.94. The fraction of sp³-hybridized carbons (Fsp3) is 1.00. The molecule has 0 amide bonds. The van der Waals surface area contributed by atoms with Gasteiger partial charge in [-0.15, -0.1) is 0 Å². The quantitative estimate of drug-likeness (QED) is 0.236. The van der Waals surface area contributed by atoms with Gasteiger partial charge in [-0.1, -0.05) is 0 Å². The number of aliphatic hydroxyl groups is 3. The van der Waals surface area contributed by atoms with Crippen molar-refractivity contribution in [3.05, 3.63) is 0 Å². The zero-order valence-electron chi connectivity index (χ0n) is 14.4. The van der Waals surface area contributed by atoms with Gasteiger partial charge in [-0.05, 0) is 0 Å². The van der Waals surface area contributed by atoms with Crippen molar-refractivity contribution in [1.29, 1.82) is 0 Å². The summed E-state index contributed by atoms with van der Waals surface area (Å²) in [7, 11) is -4.44. The first-order valence-electron chi connectivity index (χ1n) is 7.90. The van der Waals surface area contributed by atoms with E-state index in [1.54, 1.807) is 11.4 Å². The molecule has 0 saturated carbocycles. The summed E-state index contributed by atoms with van der Waals surface area (Å²) in [5.74, 6) is 0. The molecule has 10 nitrogen and oxygen atoms in total. The third-order valence-corrected chi connectivity index (χ3v) is 6.91. The van der Waals surface area contributed by atoms with Crippen LogP contribution in [-0.4, -0.2) is 84.7 Å². The molecule has 0 aliphatic carbocycles. The van der Waals surface area contributed by atoms with E-state index in [0.29, 0.717) is 11.6 Å². The zero-order chi connectivity index (χ0) is 19.1. The van der Waals surface area contributed by atoms with Crippen LogP contribution in [0.3, 0.4) is 0 Å². The number of hydrogen-bond acceptors (Lipinski definition) is 9. The predicted octanol–water partition coefficient (Wildman–Crippen LogP) is -0.00860. The number of hydrogen-bond donors (Lipinski definition) is 4. The minimum absolute atomic E-state index is 0.109.